The topological polar surface area (TPSA) is 33.7 Å². The Bertz CT molecular complexity index is 885. The average molecular weight is 421 g/mol. The smallest absolute Gasteiger partial charge is 0.151 e. The first-order chi connectivity index (χ1) is 15.2. The molecule has 2 aliphatic heterocycles. The summed E-state index contributed by atoms with van der Waals surface area (Å²) in [5.74, 6) is 1.82. The van der Waals surface area contributed by atoms with Gasteiger partial charge in [-0.25, -0.2) is 0 Å². The van der Waals surface area contributed by atoms with E-state index >= 15 is 0 Å². The van der Waals surface area contributed by atoms with Crippen LogP contribution in [0.2, 0.25) is 0 Å². The van der Waals surface area contributed by atoms with Crippen LogP contribution in [0.4, 0.5) is 11.4 Å². The molecule has 1 saturated carbocycles. The summed E-state index contributed by atoms with van der Waals surface area (Å²) >= 11 is 0. The molecule has 2 fully saturated rings. The van der Waals surface area contributed by atoms with Crippen LogP contribution in [0.5, 0.6) is 11.5 Å². The molecule has 4 heteroatoms. The van der Waals surface area contributed by atoms with Crippen LogP contribution in [0, 0.1) is 5.41 Å². The molecule has 4 nitrogen and oxygen atoms in total. The van der Waals surface area contributed by atoms with Crippen molar-refractivity contribution in [3.63, 3.8) is 0 Å². The Hall–Kier alpha value is -2.04. The third kappa shape index (κ3) is 4.91. The molecule has 2 aromatic rings. The molecule has 1 N–H and O–H groups in total. The summed E-state index contributed by atoms with van der Waals surface area (Å²) in [4.78, 5) is 2.64. The van der Waals surface area contributed by atoms with Crippen molar-refractivity contribution in [3.8, 4) is 11.5 Å². The van der Waals surface area contributed by atoms with E-state index in [1.165, 1.54) is 63.6 Å². The van der Waals surface area contributed by atoms with Gasteiger partial charge >= 0.3 is 0 Å². The highest BCUT2D eigenvalue weighted by atomic mass is 16.5. The van der Waals surface area contributed by atoms with Crippen LogP contribution >= 0.6 is 0 Å². The number of likely N-dealkylation sites (tertiary alicyclic amines) is 1. The number of ether oxygens (including phenoxy) is 2. The highest BCUT2D eigenvalue weighted by Crippen LogP contribution is 2.42. The molecule has 0 radical (unpaired) electrons. The van der Waals surface area contributed by atoms with Gasteiger partial charge in [0.15, 0.2) is 11.5 Å². The lowest BCUT2D eigenvalue weighted by Crippen LogP contribution is -2.39. The molecular formula is C27H36N2O2. The molecule has 1 saturated heterocycles. The Morgan fingerprint density at radius 3 is 2.58 bits per heavy atom. The van der Waals surface area contributed by atoms with Gasteiger partial charge in [0.2, 0.25) is 0 Å². The van der Waals surface area contributed by atoms with Crippen LogP contribution in [-0.4, -0.2) is 37.2 Å². The van der Waals surface area contributed by atoms with E-state index in [0.29, 0.717) is 11.5 Å². The Balaban J connectivity index is 1.25. The molecule has 31 heavy (non-hydrogen) atoms. The lowest BCUT2D eigenvalue weighted by atomic mass is 9.76. The maximum atomic E-state index is 6.40. The molecule has 2 aromatic carbocycles. The lowest BCUT2D eigenvalue weighted by Gasteiger charge is -2.35. The maximum absolute atomic E-state index is 6.40. The van der Waals surface area contributed by atoms with Gasteiger partial charge in [0.25, 0.3) is 0 Å². The molecule has 0 aromatic heterocycles. The molecule has 3 aliphatic rings. The summed E-state index contributed by atoms with van der Waals surface area (Å²) in [6, 6.07) is 15.2. The van der Waals surface area contributed by atoms with E-state index in [4.69, 9.17) is 9.47 Å². The molecule has 0 amide bonds. The lowest BCUT2D eigenvalue weighted by molar-refractivity contribution is 0.00347. The minimum absolute atomic E-state index is 0.381. The summed E-state index contributed by atoms with van der Waals surface area (Å²) < 4.78 is 12.6. The molecule has 2 heterocycles. The van der Waals surface area contributed by atoms with Crippen LogP contribution < -0.4 is 10.1 Å². The number of nitrogens with one attached hydrogen (secondary N) is 1. The zero-order chi connectivity index (χ0) is 21.1. The van der Waals surface area contributed by atoms with Crippen molar-refractivity contribution < 1.29 is 9.47 Å². The highest BCUT2D eigenvalue weighted by Gasteiger charge is 2.29. The normalized spacial score (nSPS) is 20.9. The number of rotatable bonds is 7. The third-order valence-corrected chi connectivity index (χ3v) is 7.37. The number of benzene rings is 2. The van der Waals surface area contributed by atoms with Crippen LogP contribution in [0.15, 0.2) is 42.5 Å². The number of hydrogen-bond donors (Lipinski definition) is 1. The molecule has 0 spiro atoms. The van der Waals surface area contributed by atoms with E-state index in [2.05, 4.69) is 41.4 Å². The summed E-state index contributed by atoms with van der Waals surface area (Å²) in [5, 5.41) is 3.49. The number of fused-ring (bicyclic) bond motifs is 2. The highest BCUT2D eigenvalue weighted by molar-refractivity contribution is 5.75. The van der Waals surface area contributed by atoms with Gasteiger partial charge in [-0.15, -0.1) is 0 Å². The fourth-order valence-electron chi connectivity index (χ4n) is 5.47. The van der Waals surface area contributed by atoms with Gasteiger partial charge in [-0.3, -0.25) is 4.90 Å². The number of anilines is 2. The molecule has 5 rings (SSSR count). The van der Waals surface area contributed by atoms with Gasteiger partial charge in [0.1, 0.15) is 0 Å². The fourth-order valence-corrected chi connectivity index (χ4v) is 5.47. The predicted octanol–water partition coefficient (Wildman–Crippen LogP) is 6.53. The minimum atomic E-state index is 0.381. The van der Waals surface area contributed by atoms with Gasteiger partial charge in [-0.2, -0.15) is 0 Å². The second kappa shape index (κ2) is 9.22. The molecule has 166 valence electrons. The van der Waals surface area contributed by atoms with E-state index in [0.717, 1.165) is 42.5 Å². The van der Waals surface area contributed by atoms with Crippen LogP contribution in [-0.2, 0) is 11.2 Å². The van der Waals surface area contributed by atoms with Crippen LogP contribution in [0.1, 0.15) is 57.4 Å². The second-order valence-electron chi connectivity index (χ2n) is 10.0. The summed E-state index contributed by atoms with van der Waals surface area (Å²) in [5.41, 5.74) is 3.78. The summed E-state index contributed by atoms with van der Waals surface area (Å²) in [6.45, 7) is 6.55. The van der Waals surface area contributed by atoms with Crippen molar-refractivity contribution in [2.75, 3.05) is 31.6 Å². The molecule has 1 atom stereocenters. The van der Waals surface area contributed by atoms with Gasteiger partial charge in [0.05, 0.1) is 24.6 Å². The Kier molecular flexibility index (Phi) is 6.20. The van der Waals surface area contributed by atoms with Crippen LogP contribution in [0.25, 0.3) is 0 Å². The molecular weight excluding hydrogens is 384 g/mol. The van der Waals surface area contributed by atoms with Crippen molar-refractivity contribution in [1.29, 1.82) is 0 Å². The fraction of sp³-hybridized carbons (Fsp3) is 0.556. The predicted molar refractivity (Wildman–Crippen MR) is 127 cm³/mol. The Morgan fingerprint density at radius 1 is 0.968 bits per heavy atom. The van der Waals surface area contributed by atoms with Gasteiger partial charge in [-0.1, -0.05) is 44.4 Å². The first-order valence-electron chi connectivity index (χ1n) is 12.2. The zero-order valence-electron chi connectivity index (χ0n) is 18.9. The number of para-hydroxylation sites is 2. The molecule has 1 unspecified atom stereocenters. The van der Waals surface area contributed by atoms with Crippen molar-refractivity contribution >= 4 is 11.4 Å². The average Bonchev–Trinajstić information content (AvgIpc) is 3.32. The van der Waals surface area contributed by atoms with Crippen LogP contribution in [0.3, 0.4) is 0 Å². The number of hydrogen-bond acceptors (Lipinski definition) is 4. The molecule has 1 aliphatic carbocycles. The standard InChI is InChI=1S/C27H36N2O2/c1-27(13-5-2-6-14-27)20-30-19-22(29-15-7-8-16-29)17-21-11-12-24-26(18-21)31-25-10-4-3-9-23(25)28-24/h3-4,9-12,18,22,28H,2,5-8,13-17,19-20H2,1H3. The first-order valence-corrected chi connectivity index (χ1v) is 12.2. The van der Waals surface area contributed by atoms with Crippen molar-refractivity contribution in [2.24, 2.45) is 5.41 Å². The maximum Gasteiger partial charge on any atom is 0.151 e. The monoisotopic (exact) mass is 420 g/mol. The zero-order valence-corrected chi connectivity index (χ0v) is 18.9. The summed E-state index contributed by atoms with van der Waals surface area (Å²) in [6.07, 6.45) is 10.4. The largest absolute Gasteiger partial charge is 0.453 e. The SMILES string of the molecule is CC1(COCC(Cc2ccc3c(c2)Oc2ccccc2N3)N2CCCC2)CCCCC1. The van der Waals surface area contributed by atoms with E-state index < -0.39 is 0 Å². The van der Waals surface area contributed by atoms with E-state index in [9.17, 15) is 0 Å². The Labute approximate surface area is 186 Å². The van der Waals surface area contributed by atoms with E-state index in [1.54, 1.807) is 0 Å². The quantitative estimate of drug-likeness (QED) is 0.471. The first kappa shape index (κ1) is 20.8. The van der Waals surface area contributed by atoms with E-state index in [1.807, 2.05) is 18.2 Å². The van der Waals surface area contributed by atoms with Crippen molar-refractivity contribution in [2.45, 2.75) is 64.3 Å². The van der Waals surface area contributed by atoms with Gasteiger partial charge < -0.3 is 14.8 Å². The van der Waals surface area contributed by atoms with E-state index in [-0.39, 0.29) is 0 Å². The Morgan fingerprint density at radius 2 is 1.74 bits per heavy atom. The van der Waals surface area contributed by atoms with Gasteiger partial charge in [0, 0.05) is 6.04 Å². The summed E-state index contributed by atoms with van der Waals surface area (Å²) in [7, 11) is 0. The van der Waals surface area contributed by atoms with Crippen molar-refractivity contribution in [3.05, 3.63) is 48.0 Å². The molecule has 0 bridgehead atoms. The van der Waals surface area contributed by atoms with Gasteiger partial charge in [-0.05, 0) is 80.4 Å². The third-order valence-electron chi connectivity index (χ3n) is 7.37. The minimum Gasteiger partial charge on any atom is -0.453 e. The number of nitrogens with zero attached hydrogens (tertiary/aromatic N) is 1. The van der Waals surface area contributed by atoms with Crippen molar-refractivity contribution in [1.82, 2.24) is 4.90 Å². The second-order valence-corrected chi connectivity index (χ2v) is 10.0.